The van der Waals surface area contributed by atoms with Crippen LogP contribution in [-0.4, -0.2) is 37.7 Å². The van der Waals surface area contributed by atoms with Gasteiger partial charge in [0.1, 0.15) is 5.75 Å². The Morgan fingerprint density at radius 1 is 0.762 bits per heavy atom. The zero-order valence-electron chi connectivity index (χ0n) is 25.7. The highest BCUT2D eigenvalue weighted by molar-refractivity contribution is 5.76. The van der Waals surface area contributed by atoms with Crippen molar-refractivity contribution >= 4 is 30.0 Å². The van der Waals surface area contributed by atoms with Crippen molar-refractivity contribution in [2.24, 2.45) is 0 Å². The van der Waals surface area contributed by atoms with E-state index in [0.29, 0.717) is 0 Å². The van der Waals surface area contributed by atoms with Gasteiger partial charge in [-0.15, -0.1) is 0 Å². The molecule has 0 aliphatic rings. The number of benzene rings is 2. The Morgan fingerprint density at radius 3 is 2.05 bits per heavy atom. The second kappa shape index (κ2) is 15.7. The van der Waals surface area contributed by atoms with Crippen LogP contribution in [0.3, 0.4) is 0 Å². The van der Waals surface area contributed by atoms with E-state index in [1.165, 1.54) is 41.6 Å². The van der Waals surface area contributed by atoms with Gasteiger partial charge in [-0.05, 0) is 90.7 Å². The minimum absolute atomic E-state index is 0.737. The van der Waals surface area contributed by atoms with E-state index in [9.17, 15) is 0 Å². The summed E-state index contributed by atoms with van der Waals surface area (Å²) in [6.07, 6.45) is 17.0. The monoisotopic (exact) mass is 560 g/mol. The lowest BCUT2D eigenvalue weighted by Crippen LogP contribution is -2.08. The van der Waals surface area contributed by atoms with Crippen LogP contribution in [0.1, 0.15) is 66.0 Å². The number of hydrogen-bond acceptors (Lipinski definition) is 5. The van der Waals surface area contributed by atoms with Gasteiger partial charge in [0.2, 0.25) is 0 Å². The van der Waals surface area contributed by atoms with E-state index in [4.69, 9.17) is 4.74 Å². The van der Waals surface area contributed by atoms with E-state index in [0.717, 1.165) is 53.4 Å². The topological polar surface area (TPSA) is 50.3 Å². The first-order valence-corrected chi connectivity index (χ1v) is 14.9. The van der Waals surface area contributed by atoms with Gasteiger partial charge < -0.3 is 15.0 Å². The number of pyridine rings is 2. The van der Waals surface area contributed by atoms with Gasteiger partial charge in [-0.1, -0.05) is 68.7 Å². The largest absolute Gasteiger partial charge is 0.493 e. The lowest BCUT2D eigenvalue weighted by molar-refractivity contribution is 0.304. The van der Waals surface area contributed by atoms with E-state index >= 15 is 0 Å². The maximum Gasteiger partial charge on any atom is 0.126 e. The molecule has 0 bridgehead atoms. The van der Waals surface area contributed by atoms with E-state index in [1.807, 2.05) is 31.6 Å². The van der Waals surface area contributed by atoms with Gasteiger partial charge >= 0.3 is 0 Å². The van der Waals surface area contributed by atoms with Gasteiger partial charge in [-0.2, -0.15) is 0 Å². The van der Waals surface area contributed by atoms with E-state index in [-0.39, 0.29) is 0 Å². The van der Waals surface area contributed by atoms with Gasteiger partial charge in [0.25, 0.3) is 0 Å². The van der Waals surface area contributed by atoms with Crippen LogP contribution in [0, 0.1) is 6.92 Å². The Kier molecular flexibility index (Phi) is 11.5. The summed E-state index contributed by atoms with van der Waals surface area (Å²) >= 11 is 0. The Bertz CT molecular complexity index is 1510. The number of aryl methyl sites for hydroxylation is 1. The molecule has 2 aromatic heterocycles. The van der Waals surface area contributed by atoms with Crippen molar-refractivity contribution < 1.29 is 4.74 Å². The molecule has 0 fully saturated rings. The maximum atomic E-state index is 6.23. The van der Waals surface area contributed by atoms with Crippen LogP contribution in [0.2, 0.25) is 0 Å². The van der Waals surface area contributed by atoms with Crippen LogP contribution in [0.4, 0.5) is 5.69 Å². The fraction of sp³-hybridized carbons (Fsp3) is 0.297. The third-order valence-electron chi connectivity index (χ3n) is 7.23. The number of unbranched alkanes of at least 4 members (excludes halogenated alkanes) is 3. The summed E-state index contributed by atoms with van der Waals surface area (Å²) in [6.45, 7) is 5.92. The summed E-state index contributed by atoms with van der Waals surface area (Å²) in [7, 11) is 6.09. The molecule has 1 N–H and O–H groups in total. The molecule has 0 unspecified atom stereocenters. The molecule has 2 aromatic carbocycles. The number of nitrogens with zero attached hydrogens (tertiary/aromatic N) is 3. The first kappa shape index (κ1) is 30.7. The molecule has 0 spiro atoms. The second-order valence-electron chi connectivity index (χ2n) is 10.9. The molecule has 0 saturated carbocycles. The predicted octanol–water partition coefficient (Wildman–Crippen LogP) is 8.54. The summed E-state index contributed by atoms with van der Waals surface area (Å²) in [5.74, 6) is 0.928. The molecule has 5 nitrogen and oxygen atoms in total. The normalized spacial score (nSPS) is 11.5. The molecule has 4 aromatic rings. The first-order valence-electron chi connectivity index (χ1n) is 14.9. The molecule has 0 aliphatic carbocycles. The summed E-state index contributed by atoms with van der Waals surface area (Å²) < 4.78 is 6.23. The van der Waals surface area contributed by atoms with Gasteiger partial charge in [0, 0.05) is 44.3 Å². The first-order chi connectivity index (χ1) is 20.5. The Labute approximate surface area is 252 Å². The van der Waals surface area contributed by atoms with Gasteiger partial charge in [0.15, 0.2) is 0 Å². The average molecular weight is 561 g/mol. The molecular formula is C37H44N4O. The molecular weight excluding hydrogens is 516 g/mol. The molecule has 2 heterocycles. The van der Waals surface area contributed by atoms with Crippen LogP contribution in [0.5, 0.6) is 5.75 Å². The fourth-order valence-electron chi connectivity index (χ4n) is 4.74. The third kappa shape index (κ3) is 8.89. The van der Waals surface area contributed by atoms with Crippen molar-refractivity contribution in [3.05, 3.63) is 106 Å². The predicted molar refractivity (Wildman–Crippen MR) is 180 cm³/mol. The third-order valence-corrected chi connectivity index (χ3v) is 7.23. The van der Waals surface area contributed by atoms with Crippen molar-refractivity contribution in [2.45, 2.75) is 46.1 Å². The lowest BCUT2D eigenvalue weighted by atomic mass is 10.1. The highest BCUT2D eigenvalue weighted by Gasteiger charge is 2.06. The molecule has 0 atom stereocenters. The Morgan fingerprint density at radius 2 is 1.43 bits per heavy atom. The zero-order chi connectivity index (χ0) is 29.7. The molecule has 0 saturated heterocycles. The van der Waals surface area contributed by atoms with E-state index < -0.39 is 0 Å². The minimum Gasteiger partial charge on any atom is -0.493 e. The van der Waals surface area contributed by atoms with Gasteiger partial charge in [0.05, 0.1) is 18.0 Å². The number of nitrogens with one attached hydrogen (secondary N) is 1. The maximum absolute atomic E-state index is 6.23. The lowest BCUT2D eigenvalue weighted by Gasteiger charge is -2.14. The molecule has 5 heteroatoms. The Balaban J connectivity index is 1.50. The number of anilines is 1. The molecule has 0 amide bonds. The summed E-state index contributed by atoms with van der Waals surface area (Å²) in [5, 5.41) is 3.23. The average Bonchev–Trinajstić information content (AvgIpc) is 3.00. The fourth-order valence-corrected chi connectivity index (χ4v) is 4.74. The smallest absolute Gasteiger partial charge is 0.126 e. The minimum atomic E-state index is 0.737. The summed E-state index contributed by atoms with van der Waals surface area (Å²) in [5.41, 5.74) is 9.77. The quantitative estimate of drug-likeness (QED) is 0.157. The van der Waals surface area contributed by atoms with Crippen LogP contribution in [0.15, 0.2) is 73.1 Å². The number of ether oxygens (including phenoxy) is 1. The van der Waals surface area contributed by atoms with Crippen LogP contribution >= 0.6 is 0 Å². The molecule has 0 radical (unpaired) electrons. The van der Waals surface area contributed by atoms with Gasteiger partial charge in [-0.25, -0.2) is 0 Å². The number of rotatable bonds is 14. The van der Waals surface area contributed by atoms with E-state index in [1.54, 1.807) is 0 Å². The highest BCUT2D eigenvalue weighted by Crippen LogP contribution is 2.25. The molecule has 218 valence electrons. The van der Waals surface area contributed by atoms with E-state index in [2.05, 4.69) is 121 Å². The van der Waals surface area contributed by atoms with Crippen LogP contribution in [0.25, 0.3) is 35.7 Å². The zero-order valence-corrected chi connectivity index (χ0v) is 25.7. The van der Waals surface area contributed by atoms with Crippen molar-refractivity contribution in [3.8, 4) is 17.1 Å². The standard InChI is InChI=1S/C37H44N4O/c1-6-7-8-9-22-42-37-26-31(27-38-3)12-15-33(37)14-11-30-19-21-40-36(25-30)35-24-29(18-20-39-35)10-13-32-16-17-34(41(4)5)23-28(32)2/h10-21,23-26,38H,6-9,22,27H2,1-5H3/b13-10+,14-11+. The van der Waals surface area contributed by atoms with Crippen molar-refractivity contribution in [2.75, 3.05) is 32.6 Å². The molecule has 4 rings (SSSR count). The Hall–Kier alpha value is -4.22. The van der Waals surface area contributed by atoms with Crippen molar-refractivity contribution in [1.29, 1.82) is 0 Å². The summed E-state index contributed by atoms with van der Waals surface area (Å²) in [4.78, 5) is 11.4. The SMILES string of the molecule is CCCCCCOc1cc(CNC)ccc1/C=C/c1ccnc(-c2cc(/C=C/c3ccc(N(C)C)cc3C)ccn2)c1. The number of aromatic nitrogens is 2. The summed E-state index contributed by atoms with van der Waals surface area (Å²) in [6, 6.07) is 21.2. The van der Waals surface area contributed by atoms with Gasteiger partial charge in [-0.3, -0.25) is 9.97 Å². The van der Waals surface area contributed by atoms with Crippen LogP contribution < -0.4 is 15.0 Å². The second-order valence-corrected chi connectivity index (χ2v) is 10.9. The van der Waals surface area contributed by atoms with Crippen molar-refractivity contribution in [1.82, 2.24) is 15.3 Å². The van der Waals surface area contributed by atoms with Crippen LogP contribution in [-0.2, 0) is 6.54 Å². The molecule has 0 aliphatic heterocycles. The molecule has 42 heavy (non-hydrogen) atoms. The number of hydrogen-bond donors (Lipinski definition) is 1. The highest BCUT2D eigenvalue weighted by atomic mass is 16.5. The van der Waals surface area contributed by atoms with Crippen molar-refractivity contribution in [3.63, 3.8) is 0 Å².